The van der Waals surface area contributed by atoms with Gasteiger partial charge in [-0.2, -0.15) is 13.2 Å². The molecule has 0 atom stereocenters. The van der Waals surface area contributed by atoms with Crippen molar-refractivity contribution in [1.29, 1.82) is 0 Å². The third-order valence-corrected chi connectivity index (χ3v) is 6.30. The molecule has 0 spiro atoms. The highest BCUT2D eigenvalue weighted by Crippen LogP contribution is 2.28. The SMILES string of the molecule is Nc1ccc(-c2cnc(N3CCOCC3)c3nc(C=Cc4ccc5ccccc5n4)cn23)cc1.O=C(O)C(F)(F)F. The van der Waals surface area contributed by atoms with Crippen LogP contribution in [0.15, 0.2) is 73.1 Å². The molecule has 0 amide bonds. The molecule has 41 heavy (non-hydrogen) atoms. The number of nitrogens with zero attached hydrogens (tertiary/aromatic N) is 5. The van der Waals surface area contributed by atoms with E-state index in [4.69, 9.17) is 35.3 Å². The second kappa shape index (κ2) is 11.6. The summed E-state index contributed by atoms with van der Waals surface area (Å²) in [6.07, 6.45) is 2.87. The molecule has 0 unspecified atom stereocenters. The average molecular weight is 563 g/mol. The summed E-state index contributed by atoms with van der Waals surface area (Å²) < 4.78 is 39.4. The molecule has 3 N–H and O–H groups in total. The van der Waals surface area contributed by atoms with Crippen LogP contribution in [0, 0.1) is 0 Å². The molecule has 0 saturated carbocycles. The number of para-hydroxylation sites is 1. The summed E-state index contributed by atoms with van der Waals surface area (Å²) >= 11 is 0. The maximum atomic E-state index is 10.6. The van der Waals surface area contributed by atoms with Crippen molar-refractivity contribution in [2.45, 2.75) is 6.18 Å². The Balaban J connectivity index is 0.000000431. The topological polar surface area (TPSA) is 119 Å². The normalized spacial score (nSPS) is 13.9. The summed E-state index contributed by atoms with van der Waals surface area (Å²) in [6, 6.07) is 20.1. The zero-order valence-corrected chi connectivity index (χ0v) is 21.6. The first-order valence-electron chi connectivity index (χ1n) is 12.6. The number of aliphatic carboxylic acids is 1. The summed E-state index contributed by atoms with van der Waals surface area (Å²) in [7, 11) is 0. The van der Waals surface area contributed by atoms with Crippen LogP contribution in [-0.2, 0) is 9.53 Å². The number of ether oxygens (including phenoxy) is 1. The van der Waals surface area contributed by atoms with Gasteiger partial charge in [0.15, 0.2) is 11.5 Å². The maximum Gasteiger partial charge on any atom is 0.490 e. The number of morpholine rings is 1. The Morgan fingerprint density at radius 3 is 2.34 bits per heavy atom. The van der Waals surface area contributed by atoms with Gasteiger partial charge >= 0.3 is 12.1 Å². The molecular formula is C29H25F3N6O3. The van der Waals surface area contributed by atoms with Crippen molar-refractivity contribution in [3.05, 3.63) is 84.4 Å². The molecule has 0 radical (unpaired) electrons. The predicted octanol–water partition coefficient (Wildman–Crippen LogP) is 5.17. The summed E-state index contributed by atoms with van der Waals surface area (Å²) in [5.41, 5.74) is 12.2. The van der Waals surface area contributed by atoms with E-state index in [9.17, 15) is 13.2 Å². The van der Waals surface area contributed by atoms with Crippen LogP contribution in [0.3, 0.4) is 0 Å². The number of alkyl halides is 3. The van der Waals surface area contributed by atoms with Crippen molar-refractivity contribution >= 4 is 46.2 Å². The van der Waals surface area contributed by atoms with Gasteiger partial charge in [0.05, 0.1) is 42.0 Å². The van der Waals surface area contributed by atoms with Crippen LogP contribution in [0.4, 0.5) is 24.7 Å². The Morgan fingerprint density at radius 1 is 0.951 bits per heavy atom. The highest BCUT2D eigenvalue weighted by Gasteiger charge is 2.38. The van der Waals surface area contributed by atoms with Crippen LogP contribution in [-0.4, -0.2) is 62.9 Å². The lowest BCUT2D eigenvalue weighted by molar-refractivity contribution is -0.192. The number of carboxylic acid groups (broad SMARTS) is 1. The van der Waals surface area contributed by atoms with Crippen LogP contribution < -0.4 is 10.6 Å². The van der Waals surface area contributed by atoms with Gasteiger partial charge in [0, 0.05) is 35.9 Å². The lowest BCUT2D eigenvalue weighted by Gasteiger charge is -2.28. The number of hydrogen-bond acceptors (Lipinski definition) is 7. The van der Waals surface area contributed by atoms with E-state index >= 15 is 0 Å². The highest BCUT2D eigenvalue weighted by molar-refractivity contribution is 5.81. The number of carboxylic acids is 1. The van der Waals surface area contributed by atoms with Gasteiger partial charge in [0.1, 0.15) is 0 Å². The average Bonchev–Trinajstić information content (AvgIpc) is 3.41. The third-order valence-electron chi connectivity index (χ3n) is 6.30. The second-order valence-corrected chi connectivity index (χ2v) is 9.11. The molecule has 1 saturated heterocycles. The van der Waals surface area contributed by atoms with Crippen molar-refractivity contribution in [3.63, 3.8) is 0 Å². The number of fused-ring (bicyclic) bond motifs is 2. The van der Waals surface area contributed by atoms with Gasteiger partial charge in [-0.3, -0.25) is 4.40 Å². The number of pyridine rings is 1. The Labute approximate surface area is 232 Å². The van der Waals surface area contributed by atoms with E-state index in [0.29, 0.717) is 13.2 Å². The second-order valence-electron chi connectivity index (χ2n) is 9.11. The highest BCUT2D eigenvalue weighted by atomic mass is 19.4. The summed E-state index contributed by atoms with van der Waals surface area (Å²) in [5, 5.41) is 8.25. The zero-order chi connectivity index (χ0) is 29.0. The van der Waals surface area contributed by atoms with Crippen LogP contribution in [0.2, 0.25) is 0 Å². The van der Waals surface area contributed by atoms with Crippen LogP contribution >= 0.6 is 0 Å². The van der Waals surface area contributed by atoms with E-state index in [2.05, 4.69) is 21.4 Å². The van der Waals surface area contributed by atoms with E-state index in [1.54, 1.807) is 0 Å². The van der Waals surface area contributed by atoms with Gasteiger partial charge in [0.25, 0.3) is 0 Å². The third kappa shape index (κ3) is 6.44. The first-order valence-corrected chi connectivity index (χ1v) is 12.6. The molecule has 0 bridgehead atoms. The number of carbonyl (C=O) groups is 1. The molecule has 4 heterocycles. The van der Waals surface area contributed by atoms with Crippen molar-refractivity contribution in [3.8, 4) is 11.3 Å². The number of anilines is 2. The number of benzene rings is 2. The first kappa shape index (κ1) is 27.6. The molecule has 5 aromatic rings. The quantitative estimate of drug-likeness (QED) is 0.288. The first-order chi connectivity index (χ1) is 19.7. The Hall–Kier alpha value is -4.97. The largest absolute Gasteiger partial charge is 0.490 e. The van der Waals surface area contributed by atoms with Crippen molar-refractivity contribution in [1.82, 2.24) is 19.4 Å². The van der Waals surface area contributed by atoms with Gasteiger partial charge in [-0.25, -0.2) is 19.7 Å². The van der Waals surface area contributed by atoms with E-state index in [1.807, 2.05) is 73.1 Å². The lowest BCUT2D eigenvalue weighted by Crippen LogP contribution is -2.37. The molecular weight excluding hydrogens is 537 g/mol. The molecule has 9 nitrogen and oxygen atoms in total. The van der Waals surface area contributed by atoms with Crippen molar-refractivity contribution in [2.75, 3.05) is 36.9 Å². The van der Waals surface area contributed by atoms with E-state index in [1.165, 1.54) is 0 Å². The van der Waals surface area contributed by atoms with Gasteiger partial charge in [-0.15, -0.1) is 0 Å². The summed E-state index contributed by atoms with van der Waals surface area (Å²) in [6.45, 7) is 2.97. The number of nitrogens with two attached hydrogens (primary N) is 1. The molecule has 0 aliphatic carbocycles. The molecule has 3 aromatic heterocycles. The molecule has 210 valence electrons. The number of rotatable bonds is 4. The standard InChI is InChI=1S/C27H24N6O.C2HF3O2/c28-21-8-5-20(6-9-21)25-17-29-26(32-13-15-34-16-14-32)27-31-23(18-33(25)27)12-11-22-10-7-19-3-1-2-4-24(19)30-22;3-2(4,5)1(6)7/h1-12,17-18H,13-16,28H2;(H,6,7). The molecule has 2 aromatic carbocycles. The molecule has 1 aliphatic rings. The number of aromatic nitrogens is 4. The molecule has 1 fully saturated rings. The minimum Gasteiger partial charge on any atom is -0.475 e. The number of imidazole rings is 1. The molecule has 1 aliphatic heterocycles. The van der Waals surface area contributed by atoms with Gasteiger partial charge in [-0.05, 0) is 36.4 Å². The Kier molecular flexibility index (Phi) is 7.83. The minimum atomic E-state index is -5.08. The molecule has 12 heteroatoms. The van der Waals surface area contributed by atoms with Crippen LogP contribution in [0.5, 0.6) is 0 Å². The van der Waals surface area contributed by atoms with E-state index in [-0.39, 0.29) is 0 Å². The van der Waals surface area contributed by atoms with Crippen molar-refractivity contribution < 1.29 is 27.8 Å². The van der Waals surface area contributed by atoms with Gasteiger partial charge in [0.2, 0.25) is 0 Å². The maximum absolute atomic E-state index is 10.6. The van der Waals surface area contributed by atoms with E-state index in [0.717, 1.165) is 63.8 Å². The smallest absolute Gasteiger partial charge is 0.475 e. The Morgan fingerprint density at radius 2 is 1.63 bits per heavy atom. The van der Waals surface area contributed by atoms with Gasteiger partial charge in [-0.1, -0.05) is 36.4 Å². The fourth-order valence-corrected chi connectivity index (χ4v) is 4.27. The number of hydrogen-bond donors (Lipinski definition) is 2. The van der Waals surface area contributed by atoms with Gasteiger partial charge < -0.3 is 20.5 Å². The lowest BCUT2D eigenvalue weighted by atomic mass is 10.1. The van der Waals surface area contributed by atoms with Crippen LogP contribution in [0.25, 0.3) is 40.0 Å². The predicted molar refractivity (Wildman–Crippen MR) is 150 cm³/mol. The van der Waals surface area contributed by atoms with Crippen LogP contribution in [0.1, 0.15) is 11.4 Å². The fourth-order valence-electron chi connectivity index (χ4n) is 4.27. The fraction of sp³-hybridized carbons (Fsp3) is 0.172. The zero-order valence-electron chi connectivity index (χ0n) is 21.6. The number of nitrogen functional groups attached to an aromatic ring is 1. The summed E-state index contributed by atoms with van der Waals surface area (Å²) in [5.74, 6) is -1.89. The minimum absolute atomic E-state index is 0.689. The monoisotopic (exact) mass is 562 g/mol. The molecule has 6 rings (SSSR count). The summed E-state index contributed by atoms with van der Waals surface area (Å²) in [4.78, 5) is 25.6. The Bertz CT molecular complexity index is 1710. The van der Waals surface area contributed by atoms with Crippen molar-refractivity contribution in [2.24, 2.45) is 0 Å². The number of halogens is 3. The van der Waals surface area contributed by atoms with E-state index < -0.39 is 12.1 Å².